The van der Waals surface area contributed by atoms with E-state index in [4.69, 9.17) is 0 Å². The molecule has 2 unspecified atom stereocenters. The van der Waals surface area contributed by atoms with E-state index in [1.807, 2.05) is 14.1 Å². The molecule has 0 saturated carbocycles. The van der Waals surface area contributed by atoms with Crippen molar-refractivity contribution < 1.29 is 14.3 Å². The van der Waals surface area contributed by atoms with Gasteiger partial charge < -0.3 is 10.0 Å². The molecule has 4 nitrogen and oxygen atoms in total. The van der Waals surface area contributed by atoms with Crippen molar-refractivity contribution in [2.24, 2.45) is 5.92 Å². The molecule has 0 spiro atoms. The van der Waals surface area contributed by atoms with Crippen molar-refractivity contribution in [1.29, 1.82) is 0 Å². The molecule has 0 aliphatic carbocycles. The van der Waals surface area contributed by atoms with Crippen LogP contribution in [-0.2, 0) is 0 Å². The molecule has 20 heavy (non-hydrogen) atoms. The second-order valence-electron chi connectivity index (χ2n) is 5.79. The van der Waals surface area contributed by atoms with Crippen molar-refractivity contribution in [3.8, 4) is 5.75 Å². The maximum absolute atomic E-state index is 13.2. The molecule has 1 fully saturated rings. The average molecular weight is 280 g/mol. The lowest BCUT2D eigenvalue weighted by atomic mass is 10.1. The largest absolute Gasteiger partial charge is 0.507 e. The first-order valence-electron chi connectivity index (χ1n) is 6.79. The Morgan fingerprint density at radius 2 is 2.15 bits per heavy atom. The van der Waals surface area contributed by atoms with Crippen LogP contribution in [0.15, 0.2) is 18.2 Å². The lowest BCUT2D eigenvalue weighted by Crippen LogP contribution is -2.35. The van der Waals surface area contributed by atoms with Gasteiger partial charge in [0.2, 0.25) is 0 Å². The fourth-order valence-electron chi connectivity index (χ4n) is 2.87. The molecule has 1 aromatic rings. The number of likely N-dealkylation sites (N-methyl/N-ethyl adjacent to an activating group) is 1. The molecule has 2 atom stereocenters. The minimum atomic E-state index is -0.507. The van der Waals surface area contributed by atoms with Gasteiger partial charge in [-0.15, -0.1) is 0 Å². The third-order valence-electron chi connectivity index (χ3n) is 3.94. The summed E-state index contributed by atoms with van der Waals surface area (Å²) in [4.78, 5) is 16.4. The van der Waals surface area contributed by atoms with E-state index in [-0.39, 0.29) is 23.6 Å². The second-order valence-corrected chi connectivity index (χ2v) is 5.79. The van der Waals surface area contributed by atoms with Gasteiger partial charge in [0.15, 0.2) is 5.78 Å². The number of Topliss-reactive ketones (excluding diaryl/α,β-unsaturated/α-hetero) is 1. The predicted molar refractivity (Wildman–Crippen MR) is 75.5 cm³/mol. The Kier molecular flexibility index (Phi) is 4.40. The molecule has 110 valence electrons. The molecule has 2 rings (SSSR count). The molecule has 0 amide bonds. The molecule has 1 N–H and O–H groups in total. The highest BCUT2D eigenvalue weighted by Gasteiger charge is 2.32. The van der Waals surface area contributed by atoms with Gasteiger partial charge in [-0.3, -0.25) is 9.69 Å². The number of hydrogen-bond donors (Lipinski definition) is 1. The van der Waals surface area contributed by atoms with Gasteiger partial charge in [0.25, 0.3) is 0 Å². The van der Waals surface area contributed by atoms with E-state index in [0.29, 0.717) is 12.0 Å². The predicted octanol–water partition coefficient (Wildman–Crippen LogP) is 1.60. The van der Waals surface area contributed by atoms with E-state index in [2.05, 4.69) is 16.7 Å². The van der Waals surface area contributed by atoms with Crippen LogP contribution >= 0.6 is 0 Å². The number of nitrogens with zero attached hydrogens (tertiary/aromatic N) is 2. The number of halogens is 1. The fraction of sp³-hybridized carbons (Fsp3) is 0.533. The monoisotopic (exact) mass is 280 g/mol. The SMILES string of the molecule is CC1CN(CC(=O)c2cc(F)ccc2O)CC1N(C)C. The zero-order chi connectivity index (χ0) is 14.9. The number of likely N-dealkylation sites (tertiary alicyclic amines) is 1. The first kappa shape index (κ1) is 14.9. The van der Waals surface area contributed by atoms with Crippen LogP contribution in [0.3, 0.4) is 0 Å². The van der Waals surface area contributed by atoms with Crippen LogP contribution < -0.4 is 0 Å². The molecular weight excluding hydrogens is 259 g/mol. The van der Waals surface area contributed by atoms with Crippen LogP contribution in [0.4, 0.5) is 4.39 Å². The lowest BCUT2D eigenvalue weighted by Gasteiger charge is -2.22. The molecule has 0 aromatic heterocycles. The summed E-state index contributed by atoms with van der Waals surface area (Å²) >= 11 is 0. The highest BCUT2D eigenvalue weighted by Crippen LogP contribution is 2.22. The summed E-state index contributed by atoms with van der Waals surface area (Å²) in [5.41, 5.74) is 0.0611. The normalized spacial score (nSPS) is 23.4. The molecular formula is C15H21FN2O2. The topological polar surface area (TPSA) is 43.8 Å². The summed E-state index contributed by atoms with van der Waals surface area (Å²) in [5, 5.41) is 9.66. The minimum Gasteiger partial charge on any atom is -0.507 e. The van der Waals surface area contributed by atoms with Crippen LogP contribution in [0.25, 0.3) is 0 Å². The van der Waals surface area contributed by atoms with Gasteiger partial charge in [0.05, 0.1) is 12.1 Å². The number of carbonyl (C=O) groups is 1. The highest BCUT2D eigenvalue weighted by atomic mass is 19.1. The van der Waals surface area contributed by atoms with Crippen molar-refractivity contribution in [3.63, 3.8) is 0 Å². The van der Waals surface area contributed by atoms with E-state index in [1.165, 1.54) is 6.07 Å². The van der Waals surface area contributed by atoms with Crippen molar-refractivity contribution in [2.75, 3.05) is 33.7 Å². The summed E-state index contributed by atoms with van der Waals surface area (Å²) in [6.07, 6.45) is 0. The van der Waals surface area contributed by atoms with Crippen molar-refractivity contribution in [2.45, 2.75) is 13.0 Å². The maximum atomic E-state index is 13.2. The second kappa shape index (κ2) is 5.89. The molecule has 1 saturated heterocycles. The number of phenols is 1. The number of aromatic hydroxyl groups is 1. The number of hydrogen-bond acceptors (Lipinski definition) is 4. The average Bonchev–Trinajstić information content (AvgIpc) is 2.73. The van der Waals surface area contributed by atoms with Crippen molar-refractivity contribution in [3.05, 3.63) is 29.6 Å². The highest BCUT2D eigenvalue weighted by molar-refractivity contribution is 6.00. The van der Waals surface area contributed by atoms with Gasteiger partial charge in [0, 0.05) is 19.1 Å². The summed E-state index contributed by atoms with van der Waals surface area (Å²) in [7, 11) is 4.07. The molecule has 1 aliphatic rings. The van der Waals surface area contributed by atoms with E-state index in [0.717, 1.165) is 25.2 Å². The number of phenolic OH excluding ortho intramolecular Hbond substituents is 1. The standard InChI is InChI=1S/C15H21FN2O2/c1-10-7-18(8-13(10)17(2)3)9-15(20)12-6-11(16)4-5-14(12)19/h4-6,10,13,19H,7-9H2,1-3H3. The zero-order valence-electron chi connectivity index (χ0n) is 12.1. The molecule has 5 heteroatoms. The Bertz CT molecular complexity index is 505. The number of carbonyl (C=O) groups excluding carboxylic acids is 1. The third kappa shape index (κ3) is 3.16. The van der Waals surface area contributed by atoms with Gasteiger partial charge in [-0.1, -0.05) is 6.92 Å². The van der Waals surface area contributed by atoms with Gasteiger partial charge >= 0.3 is 0 Å². The number of ketones is 1. The molecule has 1 heterocycles. The Morgan fingerprint density at radius 1 is 1.45 bits per heavy atom. The Labute approximate surface area is 118 Å². The number of rotatable bonds is 4. The summed E-state index contributed by atoms with van der Waals surface area (Å²) < 4.78 is 13.2. The smallest absolute Gasteiger partial charge is 0.180 e. The molecule has 1 aliphatic heterocycles. The van der Waals surface area contributed by atoms with E-state index in [1.54, 1.807) is 0 Å². The minimum absolute atomic E-state index is 0.0611. The summed E-state index contributed by atoms with van der Waals surface area (Å²) in [6, 6.07) is 3.88. The van der Waals surface area contributed by atoms with Crippen LogP contribution in [0.2, 0.25) is 0 Å². The molecule has 0 radical (unpaired) electrons. The Hall–Kier alpha value is -1.46. The van der Waals surface area contributed by atoms with E-state index < -0.39 is 5.82 Å². The molecule has 1 aromatic carbocycles. The fourth-order valence-corrected chi connectivity index (χ4v) is 2.87. The third-order valence-corrected chi connectivity index (χ3v) is 3.94. The number of benzene rings is 1. The van der Waals surface area contributed by atoms with Gasteiger partial charge in [-0.2, -0.15) is 0 Å². The first-order valence-corrected chi connectivity index (χ1v) is 6.79. The van der Waals surface area contributed by atoms with Crippen LogP contribution in [0, 0.1) is 11.7 Å². The van der Waals surface area contributed by atoms with Gasteiger partial charge in [-0.05, 0) is 38.2 Å². The quantitative estimate of drug-likeness (QED) is 0.851. The van der Waals surface area contributed by atoms with Crippen LogP contribution in [-0.4, -0.2) is 60.5 Å². The zero-order valence-corrected chi connectivity index (χ0v) is 12.1. The van der Waals surface area contributed by atoms with Crippen LogP contribution in [0.5, 0.6) is 5.75 Å². The Balaban J connectivity index is 2.04. The van der Waals surface area contributed by atoms with Crippen LogP contribution in [0.1, 0.15) is 17.3 Å². The van der Waals surface area contributed by atoms with E-state index >= 15 is 0 Å². The summed E-state index contributed by atoms with van der Waals surface area (Å²) in [6.45, 7) is 4.03. The lowest BCUT2D eigenvalue weighted by molar-refractivity contribution is 0.0938. The van der Waals surface area contributed by atoms with Crippen molar-refractivity contribution >= 4 is 5.78 Å². The molecule has 0 bridgehead atoms. The maximum Gasteiger partial charge on any atom is 0.180 e. The summed E-state index contributed by atoms with van der Waals surface area (Å²) in [5.74, 6) is -0.424. The Morgan fingerprint density at radius 3 is 2.75 bits per heavy atom. The van der Waals surface area contributed by atoms with Gasteiger partial charge in [-0.25, -0.2) is 4.39 Å². The van der Waals surface area contributed by atoms with E-state index in [9.17, 15) is 14.3 Å². The van der Waals surface area contributed by atoms with Crippen molar-refractivity contribution in [1.82, 2.24) is 9.80 Å². The van der Waals surface area contributed by atoms with Gasteiger partial charge in [0.1, 0.15) is 11.6 Å². The first-order chi connectivity index (χ1) is 9.38.